The summed E-state index contributed by atoms with van der Waals surface area (Å²) >= 11 is 0. The standard InChI is InChI=1S/C20H22N2O2/c23-19-7-3-6-18(19)21-20(24)14-8-10-17(11-9-14)22-12-15-4-1-2-5-16(15)13-22/h1-2,4-5,8-11,18-19,23H,3,6-7,12-13H2,(H,21,24)/t18-,19+/m0/s1. The van der Waals surface area contributed by atoms with Gasteiger partial charge in [0.15, 0.2) is 0 Å². The Bertz CT molecular complexity index is 717. The molecule has 124 valence electrons. The second-order valence-corrected chi connectivity index (χ2v) is 6.75. The molecule has 4 rings (SSSR count). The van der Waals surface area contributed by atoms with Gasteiger partial charge in [0, 0.05) is 24.3 Å². The minimum absolute atomic E-state index is 0.0998. The van der Waals surface area contributed by atoms with E-state index >= 15 is 0 Å². The molecular formula is C20H22N2O2. The van der Waals surface area contributed by atoms with Crippen LogP contribution in [0.5, 0.6) is 0 Å². The molecule has 2 aromatic carbocycles. The van der Waals surface area contributed by atoms with Crippen molar-refractivity contribution < 1.29 is 9.90 Å². The van der Waals surface area contributed by atoms with Crippen LogP contribution in [0.4, 0.5) is 5.69 Å². The number of benzene rings is 2. The molecule has 0 saturated heterocycles. The van der Waals surface area contributed by atoms with Crippen molar-refractivity contribution in [2.75, 3.05) is 4.90 Å². The van der Waals surface area contributed by atoms with Gasteiger partial charge in [0.2, 0.25) is 0 Å². The lowest BCUT2D eigenvalue weighted by Crippen LogP contribution is -2.39. The Hall–Kier alpha value is -2.33. The van der Waals surface area contributed by atoms with Crippen LogP contribution in [0.15, 0.2) is 48.5 Å². The Kier molecular flexibility index (Phi) is 3.98. The van der Waals surface area contributed by atoms with Crippen LogP contribution >= 0.6 is 0 Å². The summed E-state index contributed by atoms with van der Waals surface area (Å²) in [4.78, 5) is 14.6. The molecule has 2 aromatic rings. The molecule has 0 aromatic heterocycles. The number of carbonyl (C=O) groups is 1. The lowest BCUT2D eigenvalue weighted by molar-refractivity contribution is 0.0873. The van der Waals surface area contributed by atoms with Crippen LogP contribution in [0.1, 0.15) is 40.7 Å². The fraction of sp³-hybridized carbons (Fsp3) is 0.350. The van der Waals surface area contributed by atoms with Crippen LogP contribution in [-0.2, 0) is 13.1 Å². The van der Waals surface area contributed by atoms with Crippen LogP contribution in [0.3, 0.4) is 0 Å². The van der Waals surface area contributed by atoms with Gasteiger partial charge in [-0.2, -0.15) is 0 Å². The molecule has 1 aliphatic carbocycles. The number of nitrogens with zero attached hydrogens (tertiary/aromatic N) is 1. The molecule has 4 nitrogen and oxygen atoms in total. The van der Waals surface area contributed by atoms with E-state index in [1.807, 2.05) is 24.3 Å². The van der Waals surface area contributed by atoms with Crippen LogP contribution in [-0.4, -0.2) is 23.2 Å². The predicted molar refractivity (Wildman–Crippen MR) is 93.9 cm³/mol. The molecule has 1 heterocycles. The predicted octanol–water partition coefficient (Wildman–Crippen LogP) is 2.85. The summed E-state index contributed by atoms with van der Waals surface area (Å²) in [6.45, 7) is 1.83. The highest BCUT2D eigenvalue weighted by Gasteiger charge is 2.27. The number of rotatable bonds is 3. The number of amides is 1. The summed E-state index contributed by atoms with van der Waals surface area (Å²) in [5, 5.41) is 12.8. The maximum Gasteiger partial charge on any atom is 0.251 e. The topological polar surface area (TPSA) is 52.6 Å². The number of carbonyl (C=O) groups excluding carboxylic acids is 1. The van der Waals surface area contributed by atoms with Gasteiger partial charge in [-0.3, -0.25) is 4.79 Å². The van der Waals surface area contributed by atoms with E-state index in [2.05, 4.69) is 34.5 Å². The average molecular weight is 322 g/mol. The van der Waals surface area contributed by atoms with Gasteiger partial charge in [-0.1, -0.05) is 24.3 Å². The van der Waals surface area contributed by atoms with E-state index in [0.29, 0.717) is 5.56 Å². The molecule has 0 bridgehead atoms. The quantitative estimate of drug-likeness (QED) is 0.913. The molecule has 0 unspecified atom stereocenters. The van der Waals surface area contributed by atoms with E-state index < -0.39 is 6.10 Å². The van der Waals surface area contributed by atoms with Gasteiger partial charge in [0.05, 0.1) is 12.1 Å². The first-order valence-electron chi connectivity index (χ1n) is 8.61. The zero-order chi connectivity index (χ0) is 16.5. The van der Waals surface area contributed by atoms with Crippen molar-refractivity contribution in [3.05, 3.63) is 65.2 Å². The van der Waals surface area contributed by atoms with E-state index in [9.17, 15) is 9.90 Å². The number of fused-ring (bicyclic) bond motifs is 1. The highest BCUT2D eigenvalue weighted by Crippen LogP contribution is 2.28. The molecule has 1 aliphatic heterocycles. The van der Waals surface area contributed by atoms with Gasteiger partial charge in [-0.15, -0.1) is 0 Å². The zero-order valence-corrected chi connectivity index (χ0v) is 13.6. The van der Waals surface area contributed by atoms with Gasteiger partial charge in [-0.05, 0) is 54.7 Å². The molecule has 2 atom stereocenters. The number of nitrogens with one attached hydrogen (secondary N) is 1. The maximum absolute atomic E-state index is 12.3. The number of hydrogen-bond acceptors (Lipinski definition) is 3. The first-order chi connectivity index (χ1) is 11.7. The molecule has 2 aliphatic rings. The fourth-order valence-corrected chi connectivity index (χ4v) is 3.70. The molecule has 0 spiro atoms. The lowest BCUT2D eigenvalue weighted by atomic mass is 10.1. The van der Waals surface area contributed by atoms with Gasteiger partial charge in [0.25, 0.3) is 5.91 Å². The Morgan fingerprint density at radius 1 is 1.00 bits per heavy atom. The summed E-state index contributed by atoms with van der Waals surface area (Å²) in [6.07, 6.45) is 2.20. The molecule has 2 N–H and O–H groups in total. The highest BCUT2D eigenvalue weighted by atomic mass is 16.3. The number of hydrogen-bond donors (Lipinski definition) is 2. The van der Waals surface area contributed by atoms with Crippen molar-refractivity contribution in [1.29, 1.82) is 0 Å². The van der Waals surface area contributed by atoms with Crippen molar-refractivity contribution >= 4 is 11.6 Å². The summed E-state index contributed by atoms with van der Waals surface area (Å²) in [6, 6.07) is 16.1. The first kappa shape index (κ1) is 15.2. The van der Waals surface area contributed by atoms with Crippen LogP contribution < -0.4 is 10.2 Å². The second-order valence-electron chi connectivity index (χ2n) is 6.75. The molecule has 1 fully saturated rings. The largest absolute Gasteiger partial charge is 0.391 e. The van der Waals surface area contributed by atoms with Crippen LogP contribution in [0.2, 0.25) is 0 Å². The van der Waals surface area contributed by atoms with Gasteiger partial charge < -0.3 is 15.3 Å². The highest BCUT2D eigenvalue weighted by molar-refractivity contribution is 5.94. The van der Waals surface area contributed by atoms with Gasteiger partial charge in [0.1, 0.15) is 0 Å². The Balaban J connectivity index is 1.43. The van der Waals surface area contributed by atoms with Crippen LogP contribution in [0.25, 0.3) is 0 Å². The summed E-state index contributed by atoms with van der Waals surface area (Å²) < 4.78 is 0. The van der Waals surface area contributed by atoms with E-state index in [-0.39, 0.29) is 11.9 Å². The Morgan fingerprint density at radius 2 is 1.67 bits per heavy atom. The van der Waals surface area contributed by atoms with E-state index in [1.165, 1.54) is 11.1 Å². The van der Waals surface area contributed by atoms with Crippen molar-refractivity contribution in [3.63, 3.8) is 0 Å². The fourth-order valence-electron chi connectivity index (χ4n) is 3.70. The zero-order valence-electron chi connectivity index (χ0n) is 13.6. The SMILES string of the molecule is O=C(N[C@H]1CCC[C@H]1O)c1ccc(N2Cc3ccccc3C2)cc1. The minimum atomic E-state index is -0.406. The second kappa shape index (κ2) is 6.29. The van der Waals surface area contributed by atoms with E-state index in [4.69, 9.17) is 0 Å². The number of anilines is 1. The molecular weight excluding hydrogens is 300 g/mol. The molecule has 4 heteroatoms. The number of aliphatic hydroxyl groups excluding tert-OH is 1. The molecule has 1 amide bonds. The van der Waals surface area contributed by atoms with Crippen molar-refractivity contribution in [1.82, 2.24) is 5.32 Å². The molecule has 0 radical (unpaired) electrons. The molecule has 24 heavy (non-hydrogen) atoms. The third kappa shape index (κ3) is 2.89. The van der Waals surface area contributed by atoms with Crippen molar-refractivity contribution in [2.45, 2.75) is 44.5 Å². The summed E-state index contributed by atoms with van der Waals surface area (Å²) in [7, 11) is 0. The lowest BCUT2D eigenvalue weighted by Gasteiger charge is -2.19. The third-order valence-electron chi connectivity index (χ3n) is 5.13. The van der Waals surface area contributed by atoms with Crippen LogP contribution in [0, 0.1) is 0 Å². The molecule has 1 saturated carbocycles. The summed E-state index contributed by atoms with van der Waals surface area (Å²) in [5.41, 5.74) is 4.52. The third-order valence-corrected chi connectivity index (χ3v) is 5.13. The summed E-state index contributed by atoms with van der Waals surface area (Å²) in [5.74, 6) is -0.0998. The Labute approximate surface area is 142 Å². The van der Waals surface area contributed by atoms with Crippen molar-refractivity contribution in [3.8, 4) is 0 Å². The maximum atomic E-state index is 12.3. The van der Waals surface area contributed by atoms with Gasteiger partial charge in [-0.25, -0.2) is 0 Å². The average Bonchev–Trinajstić information content (AvgIpc) is 3.21. The van der Waals surface area contributed by atoms with Crippen molar-refractivity contribution in [2.24, 2.45) is 0 Å². The van der Waals surface area contributed by atoms with Gasteiger partial charge >= 0.3 is 0 Å². The number of aliphatic hydroxyl groups is 1. The minimum Gasteiger partial charge on any atom is -0.391 e. The normalized spacial score (nSPS) is 22.5. The smallest absolute Gasteiger partial charge is 0.251 e. The van der Waals surface area contributed by atoms with E-state index in [0.717, 1.165) is 38.0 Å². The monoisotopic (exact) mass is 322 g/mol. The first-order valence-corrected chi connectivity index (χ1v) is 8.61. The van der Waals surface area contributed by atoms with E-state index in [1.54, 1.807) is 0 Å². The Morgan fingerprint density at radius 3 is 2.25 bits per heavy atom.